The van der Waals surface area contributed by atoms with Crippen molar-refractivity contribution < 1.29 is 9.59 Å². The maximum Gasteiger partial charge on any atom is 0.224 e. The van der Waals surface area contributed by atoms with E-state index < -0.39 is 0 Å². The van der Waals surface area contributed by atoms with Crippen LogP contribution in [-0.4, -0.2) is 23.3 Å². The Labute approximate surface area is 173 Å². The molecule has 0 saturated heterocycles. The van der Waals surface area contributed by atoms with E-state index in [2.05, 4.69) is 21.7 Å². The number of nitrogens with one attached hydrogen (secondary N) is 2. The van der Waals surface area contributed by atoms with Crippen LogP contribution in [0.15, 0.2) is 48.7 Å². The van der Waals surface area contributed by atoms with Crippen molar-refractivity contribution in [3.63, 3.8) is 0 Å². The van der Waals surface area contributed by atoms with Crippen molar-refractivity contribution in [1.82, 2.24) is 15.6 Å². The van der Waals surface area contributed by atoms with Crippen molar-refractivity contribution >= 4 is 11.8 Å². The van der Waals surface area contributed by atoms with Crippen LogP contribution in [0, 0.1) is 18.8 Å². The smallest absolute Gasteiger partial charge is 0.224 e. The first-order chi connectivity index (χ1) is 14.0. The van der Waals surface area contributed by atoms with Crippen molar-refractivity contribution in [1.29, 1.82) is 0 Å². The second kappa shape index (κ2) is 10.2. The molecule has 1 fully saturated rings. The highest BCUT2D eigenvalue weighted by atomic mass is 16.2. The van der Waals surface area contributed by atoms with Gasteiger partial charge in [0.25, 0.3) is 0 Å². The third kappa shape index (κ3) is 6.41. The fourth-order valence-corrected chi connectivity index (χ4v) is 4.24. The Morgan fingerprint density at radius 1 is 1.10 bits per heavy atom. The van der Waals surface area contributed by atoms with Gasteiger partial charge in [-0.25, -0.2) is 0 Å². The van der Waals surface area contributed by atoms with Crippen LogP contribution in [0.5, 0.6) is 0 Å². The molecule has 1 aromatic heterocycles. The minimum Gasteiger partial charge on any atom is -0.356 e. The molecule has 2 aromatic rings. The molecule has 2 N–H and O–H groups in total. The number of benzene rings is 1. The van der Waals surface area contributed by atoms with E-state index in [9.17, 15) is 9.59 Å². The maximum atomic E-state index is 12.8. The van der Waals surface area contributed by atoms with Gasteiger partial charge < -0.3 is 10.6 Å². The van der Waals surface area contributed by atoms with E-state index >= 15 is 0 Å². The van der Waals surface area contributed by atoms with Gasteiger partial charge in [0.05, 0.1) is 18.2 Å². The Hall–Kier alpha value is -2.69. The van der Waals surface area contributed by atoms with Crippen LogP contribution in [0.1, 0.15) is 55.5 Å². The first-order valence-electron chi connectivity index (χ1n) is 10.5. The highest BCUT2D eigenvalue weighted by Crippen LogP contribution is 2.36. The number of carbonyl (C=O) groups excluding carboxylic acids is 2. The summed E-state index contributed by atoms with van der Waals surface area (Å²) in [5, 5.41) is 6.20. The average Bonchev–Trinajstić information content (AvgIpc) is 2.71. The second-order valence-corrected chi connectivity index (χ2v) is 8.18. The van der Waals surface area contributed by atoms with E-state index in [0.29, 0.717) is 18.3 Å². The first-order valence-corrected chi connectivity index (χ1v) is 10.5. The van der Waals surface area contributed by atoms with Crippen LogP contribution in [0.3, 0.4) is 0 Å². The van der Waals surface area contributed by atoms with E-state index in [1.807, 2.05) is 43.3 Å². The summed E-state index contributed by atoms with van der Waals surface area (Å²) in [6.45, 7) is 4.35. The Bertz CT molecular complexity index is 814. The monoisotopic (exact) mass is 393 g/mol. The Morgan fingerprint density at radius 2 is 1.90 bits per heavy atom. The predicted octanol–water partition coefficient (Wildman–Crippen LogP) is 3.73. The number of rotatable bonds is 7. The molecule has 1 saturated carbocycles. The zero-order valence-electron chi connectivity index (χ0n) is 17.4. The van der Waals surface area contributed by atoms with E-state index in [-0.39, 0.29) is 17.9 Å². The lowest BCUT2D eigenvalue weighted by Crippen LogP contribution is -2.37. The lowest BCUT2D eigenvalue weighted by atomic mass is 9.77. The van der Waals surface area contributed by atoms with Gasteiger partial charge in [-0.3, -0.25) is 14.6 Å². The summed E-state index contributed by atoms with van der Waals surface area (Å²) in [7, 11) is 0. The first kappa shape index (κ1) is 21.0. The Kier molecular flexibility index (Phi) is 7.39. The molecule has 29 heavy (non-hydrogen) atoms. The number of nitrogens with zero attached hydrogens (tertiary/aromatic N) is 1. The fourth-order valence-electron chi connectivity index (χ4n) is 4.24. The molecule has 1 aliphatic rings. The third-order valence-electron chi connectivity index (χ3n) is 5.77. The fraction of sp³-hybridized carbons (Fsp3) is 0.458. The summed E-state index contributed by atoms with van der Waals surface area (Å²) >= 11 is 0. The lowest BCUT2D eigenvalue weighted by molar-refractivity contribution is -0.122. The van der Waals surface area contributed by atoms with Gasteiger partial charge in [-0.2, -0.15) is 0 Å². The van der Waals surface area contributed by atoms with Crippen LogP contribution in [0.2, 0.25) is 0 Å². The largest absolute Gasteiger partial charge is 0.356 e. The molecule has 2 amide bonds. The van der Waals surface area contributed by atoms with Gasteiger partial charge >= 0.3 is 0 Å². The minimum atomic E-state index is -0.0739. The minimum absolute atomic E-state index is 0.0295. The summed E-state index contributed by atoms with van der Waals surface area (Å²) in [6, 6.07) is 13.9. The molecule has 5 heteroatoms. The standard InChI is InChI=1S/C24H31N3O2/c1-17-6-5-7-20(14-17)15-23(29)27-24(22-8-3-4-13-25-22)21-11-9-19(10-12-21)16-26-18(2)28/h3-8,13-14,19,21,24H,9-12,15-16H2,1-2H3,(H,26,28)(H,27,29). The molecule has 1 unspecified atom stereocenters. The van der Waals surface area contributed by atoms with Crippen molar-refractivity contribution in [2.24, 2.45) is 11.8 Å². The quantitative estimate of drug-likeness (QED) is 0.753. The van der Waals surface area contributed by atoms with Crippen molar-refractivity contribution in [3.8, 4) is 0 Å². The summed E-state index contributed by atoms with van der Waals surface area (Å²) < 4.78 is 0. The number of pyridine rings is 1. The molecule has 3 rings (SSSR count). The highest BCUT2D eigenvalue weighted by Gasteiger charge is 2.30. The predicted molar refractivity (Wildman–Crippen MR) is 114 cm³/mol. The Balaban J connectivity index is 1.64. The summed E-state index contributed by atoms with van der Waals surface area (Å²) in [6.07, 6.45) is 6.33. The number of amides is 2. The van der Waals surface area contributed by atoms with Gasteiger partial charge in [-0.15, -0.1) is 0 Å². The SMILES string of the molecule is CC(=O)NCC1CCC(C(NC(=O)Cc2cccc(C)c2)c2ccccn2)CC1. The van der Waals surface area contributed by atoms with Crippen LogP contribution >= 0.6 is 0 Å². The van der Waals surface area contributed by atoms with Crippen molar-refractivity contribution in [3.05, 3.63) is 65.5 Å². The van der Waals surface area contributed by atoms with E-state index in [1.54, 1.807) is 13.1 Å². The van der Waals surface area contributed by atoms with Crippen molar-refractivity contribution in [2.75, 3.05) is 6.54 Å². The molecule has 1 aromatic carbocycles. The van der Waals surface area contributed by atoms with E-state index in [1.165, 1.54) is 0 Å². The molecule has 154 valence electrons. The molecule has 0 aliphatic heterocycles. The molecular formula is C24H31N3O2. The van der Waals surface area contributed by atoms with Crippen molar-refractivity contribution in [2.45, 2.75) is 52.0 Å². The van der Waals surface area contributed by atoms with Gasteiger partial charge in [0.15, 0.2) is 0 Å². The zero-order valence-corrected chi connectivity index (χ0v) is 17.4. The highest BCUT2D eigenvalue weighted by molar-refractivity contribution is 5.79. The molecule has 0 spiro atoms. The normalized spacial score (nSPS) is 19.9. The van der Waals surface area contributed by atoms with Gasteiger partial charge in [0.1, 0.15) is 0 Å². The van der Waals surface area contributed by atoms with Gasteiger partial charge in [0, 0.05) is 19.7 Å². The van der Waals surface area contributed by atoms with E-state index in [0.717, 1.165) is 49.0 Å². The molecule has 1 heterocycles. The van der Waals surface area contributed by atoms with Crippen LogP contribution in [-0.2, 0) is 16.0 Å². The number of hydrogen-bond acceptors (Lipinski definition) is 3. The van der Waals surface area contributed by atoms with Crippen LogP contribution < -0.4 is 10.6 Å². The topological polar surface area (TPSA) is 71.1 Å². The Morgan fingerprint density at radius 3 is 2.55 bits per heavy atom. The summed E-state index contributed by atoms with van der Waals surface area (Å²) in [4.78, 5) is 28.5. The molecule has 1 atom stereocenters. The number of carbonyl (C=O) groups is 2. The third-order valence-corrected chi connectivity index (χ3v) is 5.77. The van der Waals surface area contributed by atoms with Crippen LogP contribution in [0.4, 0.5) is 0 Å². The second-order valence-electron chi connectivity index (χ2n) is 8.18. The lowest BCUT2D eigenvalue weighted by Gasteiger charge is -2.34. The van der Waals surface area contributed by atoms with Crippen LogP contribution in [0.25, 0.3) is 0 Å². The van der Waals surface area contributed by atoms with Gasteiger partial charge in [-0.05, 0) is 62.1 Å². The molecule has 0 bridgehead atoms. The number of aryl methyl sites for hydroxylation is 1. The van der Waals surface area contributed by atoms with Gasteiger partial charge in [-0.1, -0.05) is 35.9 Å². The average molecular weight is 394 g/mol. The summed E-state index contributed by atoms with van der Waals surface area (Å²) in [5.74, 6) is 0.941. The summed E-state index contributed by atoms with van der Waals surface area (Å²) in [5.41, 5.74) is 3.12. The van der Waals surface area contributed by atoms with E-state index in [4.69, 9.17) is 0 Å². The maximum absolute atomic E-state index is 12.8. The molecule has 1 aliphatic carbocycles. The number of hydrogen-bond donors (Lipinski definition) is 2. The number of aromatic nitrogens is 1. The molecule has 0 radical (unpaired) electrons. The molecular weight excluding hydrogens is 362 g/mol. The van der Waals surface area contributed by atoms with Gasteiger partial charge in [0.2, 0.25) is 11.8 Å². The molecule has 5 nitrogen and oxygen atoms in total. The zero-order chi connectivity index (χ0) is 20.6.